The van der Waals surface area contributed by atoms with Crippen LogP contribution in [0.5, 0.6) is 0 Å². The maximum Gasteiger partial charge on any atom is 0.408 e. The number of ether oxygens (including phenoxy) is 2. The zero-order valence-corrected chi connectivity index (χ0v) is 19.9. The molecule has 0 spiro atoms. The third kappa shape index (κ3) is 6.68. The Morgan fingerprint density at radius 3 is 2.69 bits per heavy atom. The van der Waals surface area contributed by atoms with Crippen molar-refractivity contribution in [2.75, 3.05) is 13.2 Å². The average Bonchev–Trinajstić information content (AvgIpc) is 3.14. The summed E-state index contributed by atoms with van der Waals surface area (Å²) in [6.07, 6.45) is 2.84. The van der Waals surface area contributed by atoms with Crippen molar-refractivity contribution in [3.05, 3.63) is 59.0 Å². The first-order chi connectivity index (χ1) is 15.3. The number of halogens is 1. The fraction of sp³-hybridized carbons (Fsp3) is 0.458. The summed E-state index contributed by atoms with van der Waals surface area (Å²) in [5, 5.41) is 8.78. The van der Waals surface area contributed by atoms with Gasteiger partial charge in [-0.25, -0.2) is 9.78 Å². The van der Waals surface area contributed by atoms with E-state index in [4.69, 9.17) is 21.1 Å². The van der Waals surface area contributed by atoms with Gasteiger partial charge in [0, 0.05) is 18.5 Å². The standard InChI is InChI=1S/C24H31ClN4O3/c1-5-29-22-18(15-26-29)14-21(25)27-19(22)12-9-13-31-16-20(17-10-7-6-8-11-17)28-23(30)32-24(2,3)4/h6-8,10-11,14-15,20H,5,9,12-13,16H2,1-4H3,(H,28,30)/t20-/m1/s1. The summed E-state index contributed by atoms with van der Waals surface area (Å²) in [6.45, 7) is 9.20. The monoisotopic (exact) mass is 458 g/mol. The number of alkyl carbamates (subject to hydrolysis) is 1. The molecule has 2 aromatic heterocycles. The molecular formula is C24H31ClN4O3. The van der Waals surface area contributed by atoms with Crippen LogP contribution in [-0.2, 0) is 22.4 Å². The van der Waals surface area contributed by atoms with Gasteiger partial charge in [0.15, 0.2) is 0 Å². The van der Waals surface area contributed by atoms with Gasteiger partial charge in [-0.05, 0) is 52.2 Å². The number of rotatable bonds is 9. The second kappa shape index (κ2) is 10.8. The number of aromatic nitrogens is 3. The number of hydrogen-bond acceptors (Lipinski definition) is 5. The van der Waals surface area contributed by atoms with Crippen molar-refractivity contribution in [3.8, 4) is 0 Å². The van der Waals surface area contributed by atoms with E-state index in [0.717, 1.165) is 41.5 Å². The van der Waals surface area contributed by atoms with Gasteiger partial charge in [-0.2, -0.15) is 5.10 Å². The Balaban J connectivity index is 1.58. The quantitative estimate of drug-likeness (QED) is 0.347. The molecular weight excluding hydrogens is 428 g/mol. The molecule has 0 aliphatic rings. The van der Waals surface area contributed by atoms with Crippen molar-refractivity contribution in [1.82, 2.24) is 20.1 Å². The molecule has 0 unspecified atom stereocenters. The lowest BCUT2D eigenvalue weighted by molar-refractivity contribution is 0.0439. The molecule has 0 aliphatic heterocycles. The van der Waals surface area contributed by atoms with E-state index in [1.54, 1.807) is 0 Å². The molecule has 1 aromatic carbocycles. The number of hydrogen-bond donors (Lipinski definition) is 1. The number of nitrogens with one attached hydrogen (secondary N) is 1. The fourth-order valence-corrected chi connectivity index (χ4v) is 3.70. The zero-order chi connectivity index (χ0) is 23.1. The molecule has 2 heterocycles. The highest BCUT2D eigenvalue weighted by Gasteiger charge is 2.21. The summed E-state index contributed by atoms with van der Waals surface area (Å²) in [4.78, 5) is 16.8. The molecule has 7 nitrogen and oxygen atoms in total. The SMILES string of the molecule is CCn1ncc2cc(Cl)nc(CCCOC[C@@H](NC(=O)OC(C)(C)C)c3ccccc3)c21. The average molecular weight is 459 g/mol. The number of carbonyl (C=O) groups is 1. The van der Waals surface area contributed by atoms with Crippen LogP contribution >= 0.6 is 11.6 Å². The van der Waals surface area contributed by atoms with Gasteiger partial charge in [-0.15, -0.1) is 0 Å². The summed E-state index contributed by atoms with van der Waals surface area (Å²) in [7, 11) is 0. The van der Waals surface area contributed by atoms with E-state index in [-0.39, 0.29) is 6.04 Å². The third-order valence-corrected chi connectivity index (χ3v) is 5.03. The van der Waals surface area contributed by atoms with Gasteiger partial charge in [0.2, 0.25) is 0 Å². The van der Waals surface area contributed by atoms with E-state index in [2.05, 4.69) is 22.3 Å². The van der Waals surface area contributed by atoms with Crippen molar-refractivity contribution in [2.24, 2.45) is 0 Å². The summed E-state index contributed by atoms with van der Waals surface area (Å²) in [5.74, 6) is 0. The van der Waals surface area contributed by atoms with Crippen LogP contribution in [0.1, 0.15) is 51.4 Å². The van der Waals surface area contributed by atoms with Crippen LogP contribution in [0.4, 0.5) is 4.79 Å². The minimum Gasteiger partial charge on any atom is -0.444 e. The second-order valence-electron chi connectivity index (χ2n) is 8.58. The number of nitrogens with zero attached hydrogens (tertiary/aromatic N) is 3. The lowest BCUT2D eigenvalue weighted by Crippen LogP contribution is -2.36. The minimum absolute atomic E-state index is 0.302. The van der Waals surface area contributed by atoms with E-state index < -0.39 is 11.7 Å². The Labute approximate surface area is 194 Å². The summed E-state index contributed by atoms with van der Waals surface area (Å²) in [6, 6.07) is 11.3. The van der Waals surface area contributed by atoms with Crippen LogP contribution in [0.15, 0.2) is 42.6 Å². The number of fused-ring (bicyclic) bond motifs is 1. The van der Waals surface area contributed by atoms with Crippen molar-refractivity contribution in [2.45, 2.75) is 58.7 Å². The topological polar surface area (TPSA) is 78.3 Å². The summed E-state index contributed by atoms with van der Waals surface area (Å²) in [5.41, 5.74) is 2.34. The molecule has 0 bridgehead atoms. The number of carbonyl (C=O) groups excluding carboxylic acids is 1. The van der Waals surface area contributed by atoms with Crippen molar-refractivity contribution in [3.63, 3.8) is 0 Å². The third-order valence-electron chi connectivity index (χ3n) is 4.84. The van der Waals surface area contributed by atoms with E-state index in [9.17, 15) is 4.79 Å². The molecule has 0 fully saturated rings. The number of benzene rings is 1. The molecule has 3 aromatic rings. The minimum atomic E-state index is -0.563. The van der Waals surface area contributed by atoms with Gasteiger partial charge in [0.05, 0.1) is 30.1 Å². The summed E-state index contributed by atoms with van der Waals surface area (Å²) >= 11 is 6.19. The zero-order valence-electron chi connectivity index (χ0n) is 19.1. The first kappa shape index (κ1) is 24.0. The molecule has 1 atom stereocenters. The van der Waals surface area contributed by atoms with Gasteiger partial charge < -0.3 is 14.8 Å². The van der Waals surface area contributed by atoms with Gasteiger partial charge >= 0.3 is 6.09 Å². The number of amides is 1. The van der Waals surface area contributed by atoms with Gasteiger partial charge in [0.25, 0.3) is 0 Å². The predicted octanol–water partition coefficient (Wildman–Crippen LogP) is 5.32. The van der Waals surface area contributed by atoms with Crippen molar-refractivity contribution >= 4 is 28.6 Å². The molecule has 0 saturated heterocycles. The Bertz CT molecular complexity index is 1030. The highest BCUT2D eigenvalue weighted by molar-refractivity contribution is 6.30. The van der Waals surface area contributed by atoms with E-state index in [1.165, 1.54) is 0 Å². The Kier molecular flexibility index (Phi) is 8.10. The molecule has 0 aliphatic carbocycles. The smallest absolute Gasteiger partial charge is 0.408 e. The lowest BCUT2D eigenvalue weighted by atomic mass is 10.1. The normalized spacial score (nSPS) is 12.7. The van der Waals surface area contributed by atoms with Crippen LogP contribution in [-0.4, -0.2) is 39.7 Å². The number of aryl methyl sites for hydroxylation is 2. The second-order valence-corrected chi connectivity index (χ2v) is 8.97. The lowest BCUT2D eigenvalue weighted by Gasteiger charge is -2.24. The molecule has 172 valence electrons. The Morgan fingerprint density at radius 2 is 2.00 bits per heavy atom. The van der Waals surface area contributed by atoms with E-state index in [1.807, 2.05) is 68.0 Å². The highest BCUT2D eigenvalue weighted by Crippen LogP contribution is 2.22. The maximum absolute atomic E-state index is 12.3. The van der Waals surface area contributed by atoms with Gasteiger partial charge in [0.1, 0.15) is 10.8 Å². The molecule has 0 radical (unpaired) electrons. The van der Waals surface area contributed by atoms with Crippen LogP contribution in [0, 0.1) is 0 Å². The van der Waals surface area contributed by atoms with Crippen LogP contribution in [0.2, 0.25) is 5.15 Å². The fourth-order valence-electron chi connectivity index (χ4n) is 3.48. The Hall–Kier alpha value is -2.64. The van der Waals surface area contributed by atoms with Gasteiger partial charge in [-0.1, -0.05) is 41.9 Å². The molecule has 1 amide bonds. The van der Waals surface area contributed by atoms with E-state index >= 15 is 0 Å². The van der Waals surface area contributed by atoms with Gasteiger partial charge in [-0.3, -0.25) is 4.68 Å². The van der Waals surface area contributed by atoms with E-state index in [0.29, 0.717) is 18.4 Å². The largest absolute Gasteiger partial charge is 0.444 e. The van der Waals surface area contributed by atoms with Crippen molar-refractivity contribution in [1.29, 1.82) is 0 Å². The molecule has 1 N–H and O–H groups in total. The van der Waals surface area contributed by atoms with Crippen LogP contribution < -0.4 is 5.32 Å². The Morgan fingerprint density at radius 1 is 1.25 bits per heavy atom. The summed E-state index contributed by atoms with van der Waals surface area (Å²) < 4.78 is 13.3. The molecule has 8 heteroatoms. The highest BCUT2D eigenvalue weighted by atomic mass is 35.5. The molecule has 3 rings (SSSR count). The van der Waals surface area contributed by atoms with Crippen LogP contribution in [0.3, 0.4) is 0 Å². The number of pyridine rings is 1. The van der Waals surface area contributed by atoms with Crippen LogP contribution in [0.25, 0.3) is 10.9 Å². The maximum atomic E-state index is 12.3. The first-order valence-corrected chi connectivity index (χ1v) is 11.3. The first-order valence-electron chi connectivity index (χ1n) is 10.9. The molecule has 0 saturated carbocycles. The van der Waals surface area contributed by atoms with Crippen molar-refractivity contribution < 1.29 is 14.3 Å². The predicted molar refractivity (Wildman–Crippen MR) is 126 cm³/mol. The molecule has 32 heavy (non-hydrogen) atoms.